The predicted molar refractivity (Wildman–Crippen MR) is 58.7 cm³/mol. The molecule has 2 aromatic heterocycles. The fraction of sp³-hybridized carbons (Fsp3) is 0.0909. The zero-order chi connectivity index (χ0) is 11.1. The smallest absolute Gasteiger partial charge is 0.229 e. The molecule has 0 atom stereocenters. The number of rotatable bonds is 1. The molecule has 2 N–H and O–H groups in total. The summed E-state index contributed by atoms with van der Waals surface area (Å²) < 4.78 is 9.96. The summed E-state index contributed by atoms with van der Waals surface area (Å²) in [5.74, 6) is 0.313. The topological polar surface area (TPSA) is 78.1 Å². The summed E-state index contributed by atoms with van der Waals surface area (Å²) in [5.41, 5.74) is 9.00. The summed E-state index contributed by atoms with van der Waals surface area (Å²) in [6.45, 7) is 1.90. The Morgan fingerprint density at radius 1 is 1.25 bits per heavy atom. The van der Waals surface area contributed by atoms with E-state index in [1.807, 2.05) is 25.1 Å². The van der Waals surface area contributed by atoms with E-state index in [2.05, 4.69) is 10.3 Å². The first-order valence-electron chi connectivity index (χ1n) is 4.82. The highest BCUT2D eigenvalue weighted by Crippen LogP contribution is 2.29. The molecule has 0 aliphatic rings. The summed E-state index contributed by atoms with van der Waals surface area (Å²) in [7, 11) is 0. The Labute approximate surface area is 90.8 Å². The molecule has 0 spiro atoms. The van der Waals surface area contributed by atoms with E-state index in [0.29, 0.717) is 5.88 Å². The van der Waals surface area contributed by atoms with Crippen LogP contribution in [-0.4, -0.2) is 10.3 Å². The maximum absolute atomic E-state index is 5.66. The third-order valence-electron chi connectivity index (χ3n) is 2.56. The minimum absolute atomic E-state index is 0.313. The number of hydrogen-bond acceptors (Lipinski definition) is 5. The second kappa shape index (κ2) is 3.10. The van der Waals surface area contributed by atoms with Crippen molar-refractivity contribution in [2.24, 2.45) is 0 Å². The van der Waals surface area contributed by atoms with Crippen molar-refractivity contribution in [1.82, 2.24) is 10.3 Å². The fourth-order valence-electron chi connectivity index (χ4n) is 1.69. The highest BCUT2D eigenvalue weighted by Gasteiger charge is 2.10. The molecule has 5 heteroatoms. The maximum Gasteiger partial charge on any atom is 0.229 e. The molecule has 0 bridgehead atoms. The van der Waals surface area contributed by atoms with Crippen LogP contribution in [0.5, 0.6) is 0 Å². The quantitative estimate of drug-likeness (QED) is 0.674. The molecule has 80 valence electrons. The van der Waals surface area contributed by atoms with E-state index >= 15 is 0 Å². The fourth-order valence-corrected chi connectivity index (χ4v) is 1.69. The standard InChI is InChI=1S/C11H9N3O2/c1-6-8-4-7(2-3-10(8)15-14-6)9-5-13-16-11(9)12/h2-5H,12H2,1H3. The zero-order valence-corrected chi connectivity index (χ0v) is 8.60. The van der Waals surface area contributed by atoms with Crippen LogP contribution in [0.4, 0.5) is 5.88 Å². The van der Waals surface area contributed by atoms with Crippen LogP contribution in [0.25, 0.3) is 22.1 Å². The van der Waals surface area contributed by atoms with Gasteiger partial charge in [0.25, 0.3) is 0 Å². The average molecular weight is 215 g/mol. The number of hydrogen-bond donors (Lipinski definition) is 1. The number of nitrogen functional groups attached to an aromatic ring is 1. The van der Waals surface area contributed by atoms with Gasteiger partial charge in [-0.3, -0.25) is 0 Å². The first-order chi connectivity index (χ1) is 7.75. The summed E-state index contributed by atoms with van der Waals surface area (Å²) in [4.78, 5) is 0. The summed E-state index contributed by atoms with van der Waals surface area (Å²) in [6, 6.07) is 5.72. The molecule has 0 unspecified atom stereocenters. The number of aromatic nitrogens is 2. The number of fused-ring (bicyclic) bond motifs is 1. The van der Waals surface area contributed by atoms with Gasteiger partial charge in [0.15, 0.2) is 5.58 Å². The number of benzene rings is 1. The Kier molecular flexibility index (Phi) is 1.73. The molecular formula is C11H9N3O2. The van der Waals surface area contributed by atoms with Gasteiger partial charge in [-0.1, -0.05) is 16.4 Å². The predicted octanol–water partition coefficient (Wildman–Crippen LogP) is 2.37. The second-order valence-electron chi connectivity index (χ2n) is 3.58. The molecule has 3 rings (SSSR count). The maximum atomic E-state index is 5.66. The molecule has 0 amide bonds. The van der Waals surface area contributed by atoms with Crippen molar-refractivity contribution in [3.05, 3.63) is 30.1 Å². The van der Waals surface area contributed by atoms with Gasteiger partial charge in [-0.15, -0.1) is 0 Å². The third-order valence-corrected chi connectivity index (χ3v) is 2.56. The van der Waals surface area contributed by atoms with Crippen LogP contribution in [0.3, 0.4) is 0 Å². The van der Waals surface area contributed by atoms with Gasteiger partial charge in [0.05, 0.1) is 17.5 Å². The van der Waals surface area contributed by atoms with Gasteiger partial charge in [0.2, 0.25) is 5.88 Å². The Hall–Kier alpha value is -2.30. The molecular weight excluding hydrogens is 206 g/mol. The molecule has 16 heavy (non-hydrogen) atoms. The van der Waals surface area contributed by atoms with Crippen LogP contribution in [0, 0.1) is 6.92 Å². The molecule has 0 saturated carbocycles. The van der Waals surface area contributed by atoms with Gasteiger partial charge in [-0.2, -0.15) is 0 Å². The van der Waals surface area contributed by atoms with Gasteiger partial charge in [0, 0.05) is 5.39 Å². The SMILES string of the molecule is Cc1noc2ccc(-c3cnoc3N)cc12. The number of aryl methyl sites for hydroxylation is 1. The lowest BCUT2D eigenvalue weighted by Crippen LogP contribution is -1.84. The van der Waals surface area contributed by atoms with Crippen LogP contribution in [0.1, 0.15) is 5.69 Å². The van der Waals surface area contributed by atoms with Crippen molar-refractivity contribution in [2.75, 3.05) is 5.73 Å². The van der Waals surface area contributed by atoms with Crippen molar-refractivity contribution >= 4 is 16.9 Å². The average Bonchev–Trinajstić information content (AvgIpc) is 2.86. The molecule has 0 fully saturated rings. The molecule has 5 nitrogen and oxygen atoms in total. The second-order valence-corrected chi connectivity index (χ2v) is 3.58. The molecule has 0 aliphatic carbocycles. The lowest BCUT2D eigenvalue weighted by atomic mass is 10.1. The van der Waals surface area contributed by atoms with Crippen molar-refractivity contribution in [3.8, 4) is 11.1 Å². The minimum atomic E-state index is 0.313. The molecule has 0 saturated heterocycles. The monoisotopic (exact) mass is 215 g/mol. The first-order valence-corrected chi connectivity index (χ1v) is 4.82. The molecule has 1 aromatic carbocycles. The Balaban J connectivity index is 2.25. The Bertz CT molecular complexity index is 654. The van der Waals surface area contributed by atoms with Crippen molar-refractivity contribution in [1.29, 1.82) is 0 Å². The van der Waals surface area contributed by atoms with Crippen molar-refractivity contribution in [2.45, 2.75) is 6.92 Å². The van der Waals surface area contributed by atoms with E-state index in [1.165, 1.54) is 0 Å². The third kappa shape index (κ3) is 1.18. The zero-order valence-electron chi connectivity index (χ0n) is 8.60. The molecule has 3 aromatic rings. The van der Waals surface area contributed by atoms with E-state index < -0.39 is 0 Å². The number of nitrogens with zero attached hydrogens (tertiary/aromatic N) is 2. The highest BCUT2D eigenvalue weighted by molar-refractivity contribution is 5.86. The van der Waals surface area contributed by atoms with Crippen molar-refractivity contribution in [3.63, 3.8) is 0 Å². The van der Waals surface area contributed by atoms with Crippen LogP contribution in [-0.2, 0) is 0 Å². The van der Waals surface area contributed by atoms with Crippen molar-refractivity contribution < 1.29 is 9.05 Å². The van der Waals surface area contributed by atoms with Gasteiger partial charge >= 0.3 is 0 Å². The van der Waals surface area contributed by atoms with Gasteiger partial charge in [-0.05, 0) is 24.6 Å². The summed E-state index contributed by atoms with van der Waals surface area (Å²) in [5, 5.41) is 8.51. The van der Waals surface area contributed by atoms with E-state index in [1.54, 1.807) is 6.20 Å². The van der Waals surface area contributed by atoms with Crippen LogP contribution in [0.15, 0.2) is 33.4 Å². The molecule has 2 heterocycles. The number of nitrogens with two attached hydrogens (primary N) is 1. The van der Waals surface area contributed by atoms with Crippen LogP contribution < -0.4 is 5.73 Å². The van der Waals surface area contributed by atoms with Crippen LogP contribution in [0.2, 0.25) is 0 Å². The Morgan fingerprint density at radius 2 is 2.12 bits per heavy atom. The minimum Gasteiger partial charge on any atom is -0.367 e. The van der Waals surface area contributed by atoms with Crippen LogP contribution >= 0.6 is 0 Å². The van der Waals surface area contributed by atoms with Gasteiger partial charge in [-0.25, -0.2) is 0 Å². The van der Waals surface area contributed by atoms with Gasteiger partial charge in [0.1, 0.15) is 0 Å². The molecule has 0 radical (unpaired) electrons. The number of anilines is 1. The van der Waals surface area contributed by atoms with E-state index in [9.17, 15) is 0 Å². The Morgan fingerprint density at radius 3 is 2.88 bits per heavy atom. The first kappa shape index (κ1) is 8.96. The van der Waals surface area contributed by atoms with E-state index in [-0.39, 0.29) is 0 Å². The van der Waals surface area contributed by atoms with E-state index in [4.69, 9.17) is 14.8 Å². The molecule has 0 aliphatic heterocycles. The lowest BCUT2D eigenvalue weighted by molar-refractivity contribution is 0.436. The van der Waals surface area contributed by atoms with E-state index in [0.717, 1.165) is 27.8 Å². The normalized spacial score (nSPS) is 11.1. The highest BCUT2D eigenvalue weighted by atomic mass is 16.5. The lowest BCUT2D eigenvalue weighted by Gasteiger charge is -1.97. The largest absolute Gasteiger partial charge is 0.367 e. The van der Waals surface area contributed by atoms with Gasteiger partial charge < -0.3 is 14.8 Å². The summed E-state index contributed by atoms with van der Waals surface area (Å²) in [6.07, 6.45) is 1.60. The summed E-state index contributed by atoms with van der Waals surface area (Å²) >= 11 is 0.